The molecule has 0 aromatic heterocycles. The van der Waals surface area contributed by atoms with E-state index in [2.05, 4.69) is 48.7 Å². The first-order chi connectivity index (χ1) is 7.84. The Kier molecular flexibility index (Phi) is 3.00. The summed E-state index contributed by atoms with van der Waals surface area (Å²) in [6.07, 6.45) is 14.9. The first-order valence-electron chi connectivity index (χ1n) is 6.58. The van der Waals surface area contributed by atoms with Crippen LogP contribution in [0.1, 0.15) is 32.6 Å². The van der Waals surface area contributed by atoms with E-state index in [4.69, 9.17) is 0 Å². The third kappa shape index (κ3) is 1.92. The lowest BCUT2D eigenvalue weighted by atomic mass is 9.76. The molecule has 0 bridgehead atoms. The van der Waals surface area contributed by atoms with Crippen LogP contribution in [0.5, 0.6) is 0 Å². The zero-order valence-corrected chi connectivity index (χ0v) is 10.7. The van der Waals surface area contributed by atoms with E-state index in [1.165, 1.54) is 25.7 Å². The van der Waals surface area contributed by atoms with Crippen molar-refractivity contribution in [2.24, 2.45) is 17.8 Å². The fourth-order valence-electron chi connectivity index (χ4n) is 3.46. The number of fused-ring (bicyclic) bond motifs is 3. The van der Waals surface area contributed by atoms with Crippen LogP contribution in [0.4, 0.5) is 0 Å². The van der Waals surface area contributed by atoms with Crippen molar-refractivity contribution >= 4 is 11.8 Å². The first-order valence-corrected chi connectivity index (χ1v) is 7.52. The van der Waals surface area contributed by atoms with Gasteiger partial charge in [0.05, 0.1) is 0 Å². The molecule has 0 spiro atoms. The van der Waals surface area contributed by atoms with Gasteiger partial charge in [-0.2, -0.15) is 11.8 Å². The minimum atomic E-state index is 0.718. The monoisotopic (exact) mass is 232 g/mol. The Morgan fingerprint density at radius 2 is 2.19 bits per heavy atom. The van der Waals surface area contributed by atoms with Gasteiger partial charge in [0.15, 0.2) is 0 Å². The molecule has 0 aromatic carbocycles. The average Bonchev–Trinajstić information content (AvgIpc) is 2.69. The van der Waals surface area contributed by atoms with Crippen LogP contribution < -0.4 is 0 Å². The topological polar surface area (TPSA) is 0 Å². The summed E-state index contributed by atoms with van der Waals surface area (Å²) in [5.74, 6) is 2.61. The minimum Gasteiger partial charge on any atom is -0.150 e. The molecule has 1 aliphatic heterocycles. The normalized spacial score (nSPS) is 45.9. The second-order valence-electron chi connectivity index (χ2n) is 5.43. The van der Waals surface area contributed by atoms with Crippen LogP contribution in [0, 0.1) is 17.8 Å². The van der Waals surface area contributed by atoms with E-state index in [-0.39, 0.29) is 0 Å². The number of rotatable bonds is 0. The van der Waals surface area contributed by atoms with Gasteiger partial charge in [0.2, 0.25) is 0 Å². The van der Waals surface area contributed by atoms with Crippen molar-refractivity contribution in [3.8, 4) is 0 Å². The van der Waals surface area contributed by atoms with Crippen LogP contribution in [0.25, 0.3) is 0 Å². The summed E-state index contributed by atoms with van der Waals surface area (Å²) in [5, 5.41) is 1.55. The maximum Gasteiger partial charge on any atom is 0.0338 e. The van der Waals surface area contributed by atoms with Gasteiger partial charge in [-0.25, -0.2) is 0 Å². The van der Waals surface area contributed by atoms with E-state index in [1.807, 2.05) is 0 Å². The summed E-state index contributed by atoms with van der Waals surface area (Å²) in [7, 11) is 0. The van der Waals surface area contributed by atoms with Gasteiger partial charge in [-0.05, 0) is 55.6 Å². The van der Waals surface area contributed by atoms with Gasteiger partial charge in [0.25, 0.3) is 0 Å². The van der Waals surface area contributed by atoms with Gasteiger partial charge in [-0.1, -0.05) is 19.1 Å². The molecule has 0 N–H and O–H groups in total. The summed E-state index contributed by atoms with van der Waals surface area (Å²) in [6, 6.07) is 0. The lowest BCUT2D eigenvalue weighted by Gasteiger charge is -2.38. The summed E-state index contributed by atoms with van der Waals surface area (Å²) in [5.41, 5.74) is 3.42. The van der Waals surface area contributed by atoms with Gasteiger partial charge < -0.3 is 0 Å². The zero-order chi connectivity index (χ0) is 11.0. The lowest BCUT2D eigenvalue weighted by molar-refractivity contribution is 0.277. The average molecular weight is 232 g/mol. The summed E-state index contributed by atoms with van der Waals surface area (Å²) in [6.45, 7) is 2.37. The van der Waals surface area contributed by atoms with Crippen LogP contribution in [0.2, 0.25) is 0 Å². The Morgan fingerprint density at radius 1 is 1.25 bits per heavy atom. The van der Waals surface area contributed by atoms with E-state index in [0.717, 1.165) is 28.3 Å². The van der Waals surface area contributed by atoms with Gasteiger partial charge in [0.1, 0.15) is 0 Å². The summed E-state index contributed by atoms with van der Waals surface area (Å²) >= 11 is 2.17. The Balaban J connectivity index is 1.88. The second kappa shape index (κ2) is 4.47. The molecule has 5 unspecified atom stereocenters. The molecular formula is C15H20S. The van der Waals surface area contributed by atoms with Crippen molar-refractivity contribution in [2.45, 2.75) is 43.1 Å². The maximum absolute atomic E-state index is 3.42. The number of allylic oxidation sites excluding steroid dienone is 2. The van der Waals surface area contributed by atoms with Crippen molar-refractivity contribution < 1.29 is 0 Å². The molecule has 3 rings (SSSR count). The van der Waals surface area contributed by atoms with Crippen LogP contribution in [0.15, 0.2) is 30.0 Å². The Hall–Kier alpha value is -0.390. The predicted molar refractivity (Wildman–Crippen MR) is 71.6 cm³/mol. The van der Waals surface area contributed by atoms with Crippen molar-refractivity contribution in [1.82, 2.24) is 0 Å². The molecule has 1 saturated heterocycles. The van der Waals surface area contributed by atoms with Crippen molar-refractivity contribution in [1.29, 1.82) is 0 Å². The Bertz CT molecular complexity index is 348. The Labute approximate surface area is 103 Å². The highest BCUT2D eigenvalue weighted by Crippen LogP contribution is 2.46. The molecule has 0 amide bonds. The highest BCUT2D eigenvalue weighted by atomic mass is 32.2. The SMILES string of the molecule is CC1CCC2C(C=C=CCC3CC=CC32)S1. The van der Waals surface area contributed by atoms with Crippen molar-refractivity contribution in [3.63, 3.8) is 0 Å². The van der Waals surface area contributed by atoms with E-state index in [0.29, 0.717) is 0 Å². The number of thioether (sulfide) groups is 1. The van der Waals surface area contributed by atoms with Crippen molar-refractivity contribution in [3.05, 3.63) is 30.0 Å². The van der Waals surface area contributed by atoms with Crippen LogP contribution >= 0.6 is 11.8 Å². The number of hydrogen-bond acceptors (Lipinski definition) is 1. The van der Waals surface area contributed by atoms with Crippen LogP contribution in [-0.4, -0.2) is 10.5 Å². The molecule has 16 heavy (non-hydrogen) atoms. The fraction of sp³-hybridized carbons (Fsp3) is 0.667. The maximum atomic E-state index is 3.42. The van der Waals surface area contributed by atoms with Gasteiger partial charge in [0, 0.05) is 10.5 Å². The van der Waals surface area contributed by atoms with Crippen molar-refractivity contribution in [2.75, 3.05) is 0 Å². The molecule has 2 aliphatic carbocycles. The number of hydrogen-bond donors (Lipinski definition) is 0. The molecular weight excluding hydrogens is 212 g/mol. The summed E-state index contributed by atoms with van der Waals surface area (Å²) < 4.78 is 0. The lowest BCUT2D eigenvalue weighted by Crippen LogP contribution is -2.32. The zero-order valence-electron chi connectivity index (χ0n) is 9.93. The van der Waals surface area contributed by atoms with Crippen LogP contribution in [0.3, 0.4) is 0 Å². The first kappa shape index (κ1) is 10.7. The third-order valence-corrected chi connectivity index (χ3v) is 5.85. The summed E-state index contributed by atoms with van der Waals surface area (Å²) in [4.78, 5) is 0. The Morgan fingerprint density at radius 3 is 3.12 bits per heavy atom. The van der Waals surface area contributed by atoms with E-state index in [1.54, 1.807) is 0 Å². The molecule has 1 heteroatoms. The van der Waals surface area contributed by atoms with Gasteiger partial charge in [-0.3, -0.25) is 0 Å². The largest absolute Gasteiger partial charge is 0.150 e. The van der Waals surface area contributed by atoms with Crippen LogP contribution in [-0.2, 0) is 0 Å². The van der Waals surface area contributed by atoms with E-state index in [9.17, 15) is 0 Å². The predicted octanol–water partition coefficient (Wildman–Crippen LogP) is 4.19. The fourth-order valence-corrected chi connectivity index (χ4v) is 4.94. The molecule has 0 aromatic rings. The minimum absolute atomic E-state index is 0.718. The molecule has 3 aliphatic rings. The molecule has 1 heterocycles. The third-order valence-electron chi connectivity index (χ3n) is 4.35. The second-order valence-corrected chi connectivity index (χ2v) is 7.05. The smallest absolute Gasteiger partial charge is 0.0338 e. The molecule has 0 saturated carbocycles. The standard InChI is InChI=1S/C15H20S/c1-11-9-10-14-13-7-4-6-12(13)5-2-3-8-15(14)16-11/h2,4,7-8,11-15H,5-6,9-10H2,1H3. The highest BCUT2D eigenvalue weighted by Gasteiger charge is 2.37. The van der Waals surface area contributed by atoms with E-state index >= 15 is 0 Å². The quantitative estimate of drug-likeness (QED) is 0.446. The molecule has 5 atom stereocenters. The van der Waals surface area contributed by atoms with Gasteiger partial charge >= 0.3 is 0 Å². The molecule has 0 nitrogen and oxygen atoms in total. The molecule has 86 valence electrons. The molecule has 0 radical (unpaired) electrons. The van der Waals surface area contributed by atoms with Gasteiger partial charge in [-0.15, -0.1) is 5.73 Å². The van der Waals surface area contributed by atoms with E-state index < -0.39 is 0 Å². The highest BCUT2D eigenvalue weighted by molar-refractivity contribution is 8.00. The molecule has 1 fully saturated rings.